The lowest BCUT2D eigenvalue weighted by Gasteiger charge is -2.22. The summed E-state index contributed by atoms with van der Waals surface area (Å²) in [5.41, 5.74) is -1.39. The van der Waals surface area contributed by atoms with E-state index in [1.54, 1.807) is 41.5 Å². The van der Waals surface area contributed by atoms with E-state index in [1.807, 2.05) is 0 Å². The number of amides is 1. The van der Waals surface area contributed by atoms with E-state index >= 15 is 0 Å². The summed E-state index contributed by atoms with van der Waals surface area (Å²) in [4.78, 5) is 34.1. The summed E-state index contributed by atoms with van der Waals surface area (Å²) >= 11 is 0. The fraction of sp³-hybridized carbons (Fsp3) is 0.714. The topological polar surface area (TPSA) is 102 Å². The fourth-order valence-electron chi connectivity index (χ4n) is 1.25. The van der Waals surface area contributed by atoms with Crippen LogP contribution in [0.15, 0.2) is 0 Å². The van der Waals surface area contributed by atoms with Gasteiger partial charge in [0.25, 0.3) is 0 Å². The summed E-state index contributed by atoms with van der Waals surface area (Å²) in [5, 5.41) is 11.2. The quantitative estimate of drug-likeness (QED) is 0.752. The second kappa shape index (κ2) is 7.28. The van der Waals surface area contributed by atoms with E-state index in [-0.39, 0.29) is 6.42 Å². The molecule has 0 aliphatic heterocycles. The van der Waals surface area contributed by atoms with Crippen molar-refractivity contribution in [2.45, 2.75) is 65.2 Å². The molecule has 0 saturated carbocycles. The molecule has 1 atom stereocenters. The number of rotatable bonds is 5. The lowest BCUT2D eigenvalue weighted by molar-refractivity contribution is -0.154. The normalized spacial score (nSPS) is 13.2. The lowest BCUT2D eigenvalue weighted by atomic mass is 10.1. The zero-order chi connectivity index (χ0) is 16.8. The van der Waals surface area contributed by atoms with E-state index < -0.39 is 35.3 Å². The van der Waals surface area contributed by atoms with Gasteiger partial charge in [-0.25, -0.2) is 9.59 Å². The molecule has 1 unspecified atom stereocenters. The summed E-state index contributed by atoms with van der Waals surface area (Å²) in [7, 11) is 0. The number of esters is 1. The highest BCUT2D eigenvalue weighted by Crippen LogP contribution is 2.11. The standard InChI is InChI=1S/C14H24NO6/c1-13(2,3)20-10(16)8-7-9(11(17)18)15-12(19)21-14(4,5)6/h7,9H,8H2,1-6H3,(H,15,19)(H,17,18). The van der Waals surface area contributed by atoms with Crippen LogP contribution in [0.3, 0.4) is 0 Å². The van der Waals surface area contributed by atoms with Crippen molar-refractivity contribution in [2.75, 3.05) is 0 Å². The molecule has 0 aromatic rings. The Morgan fingerprint density at radius 1 is 1.05 bits per heavy atom. The smallest absolute Gasteiger partial charge is 0.408 e. The molecule has 0 aliphatic carbocycles. The second-order valence-corrected chi connectivity index (χ2v) is 6.49. The number of carboxylic acids is 1. The van der Waals surface area contributed by atoms with Crippen molar-refractivity contribution in [1.82, 2.24) is 5.32 Å². The molecular weight excluding hydrogens is 278 g/mol. The highest BCUT2D eigenvalue weighted by atomic mass is 16.6. The van der Waals surface area contributed by atoms with E-state index in [4.69, 9.17) is 14.6 Å². The van der Waals surface area contributed by atoms with Crippen molar-refractivity contribution < 1.29 is 29.0 Å². The predicted molar refractivity (Wildman–Crippen MR) is 75.6 cm³/mol. The van der Waals surface area contributed by atoms with Crippen LogP contribution in [-0.2, 0) is 19.1 Å². The van der Waals surface area contributed by atoms with Crippen molar-refractivity contribution in [3.8, 4) is 0 Å². The van der Waals surface area contributed by atoms with Gasteiger partial charge in [-0.05, 0) is 41.5 Å². The third kappa shape index (κ3) is 10.6. The van der Waals surface area contributed by atoms with Crippen molar-refractivity contribution in [1.29, 1.82) is 0 Å². The zero-order valence-corrected chi connectivity index (χ0v) is 13.4. The SMILES string of the molecule is CC(C)(C)OC(=O)C[CH]C(NC(=O)OC(C)(C)C)C(=O)O. The molecule has 0 fully saturated rings. The van der Waals surface area contributed by atoms with Gasteiger partial charge < -0.3 is 19.9 Å². The maximum atomic E-state index is 11.5. The van der Waals surface area contributed by atoms with Crippen LogP contribution >= 0.6 is 0 Å². The molecule has 1 amide bonds. The van der Waals surface area contributed by atoms with E-state index in [1.165, 1.54) is 0 Å². The molecule has 1 radical (unpaired) electrons. The Morgan fingerprint density at radius 3 is 1.90 bits per heavy atom. The molecule has 2 N–H and O–H groups in total. The van der Waals surface area contributed by atoms with Gasteiger partial charge in [0.1, 0.15) is 17.2 Å². The monoisotopic (exact) mass is 302 g/mol. The number of nitrogens with one attached hydrogen (secondary N) is 1. The molecule has 121 valence electrons. The van der Waals surface area contributed by atoms with Gasteiger partial charge in [-0.1, -0.05) is 0 Å². The van der Waals surface area contributed by atoms with Gasteiger partial charge in [-0.3, -0.25) is 4.79 Å². The maximum absolute atomic E-state index is 11.5. The van der Waals surface area contributed by atoms with Gasteiger partial charge >= 0.3 is 18.0 Å². The molecule has 0 spiro atoms. The Labute approximate surface area is 125 Å². The second-order valence-electron chi connectivity index (χ2n) is 6.49. The van der Waals surface area contributed by atoms with Gasteiger partial charge in [-0.15, -0.1) is 0 Å². The van der Waals surface area contributed by atoms with E-state index in [9.17, 15) is 14.4 Å². The minimum atomic E-state index is -1.33. The number of carbonyl (C=O) groups excluding carboxylic acids is 2. The van der Waals surface area contributed by atoms with Gasteiger partial charge in [0.05, 0.1) is 6.42 Å². The number of ether oxygens (including phenoxy) is 2. The van der Waals surface area contributed by atoms with Crippen LogP contribution < -0.4 is 5.32 Å². The fourth-order valence-corrected chi connectivity index (χ4v) is 1.25. The first-order valence-corrected chi connectivity index (χ1v) is 6.57. The summed E-state index contributed by atoms with van der Waals surface area (Å²) < 4.78 is 10.0. The Kier molecular flexibility index (Phi) is 6.66. The van der Waals surface area contributed by atoms with E-state index in [0.29, 0.717) is 0 Å². The molecule has 21 heavy (non-hydrogen) atoms. The average molecular weight is 302 g/mol. The number of alkyl carbamates (subject to hydrolysis) is 1. The Hall–Kier alpha value is -1.79. The van der Waals surface area contributed by atoms with Crippen LogP contribution in [0.5, 0.6) is 0 Å². The Balaban J connectivity index is 4.42. The van der Waals surface area contributed by atoms with Crippen LogP contribution in [0.2, 0.25) is 0 Å². The first-order chi connectivity index (χ1) is 9.30. The highest BCUT2D eigenvalue weighted by molar-refractivity contribution is 5.83. The first-order valence-electron chi connectivity index (χ1n) is 6.57. The number of carbonyl (C=O) groups is 3. The van der Waals surface area contributed by atoms with Gasteiger partial charge in [0.2, 0.25) is 0 Å². The molecule has 0 aliphatic rings. The predicted octanol–water partition coefficient (Wildman–Crippen LogP) is 1.90. The first kappa shape index (κ1) is 19.2. The number of carboxylic acid groups (broad SMARTS) is 1. The third-order valence-electron chi connectivity index (χ3n) is 1.88. The zero-order valence-electron chi connectivity index (χ0n) is 13.4. The summed E-state index contributed by atoms with van der Waals surface area (Å²) in [6, 6.07) is -1.33. The van der Waals surface area contributed by atoms with Crippen LogP contribution in [-0.4, -0.2) is 40.4 Å². The molecular formula is C14H24NO6. The van der Waals surface area contributed by atoms with Crippen LogP contribution in [0, 0.1) is 6.42 Å². The van der Waals surface area contributed by atoms with E-state index in [0.717, 1.165) is 6.42 Å². The van der Waals surface area contributed by atoms with Gasteiger partial charge in [0, 0.05) is 6.42 Å². The minimum absolute atomic E-state index is 0.232. The van der Waals surface area contributed by atoms with Crippen molar-refractivity contribution in [3.05, 3.63) is 6.42 Å². The summed E-state index contributed by atoms with van der Waals surface area (Å²) in [5.74, 6) is -1.86. The van der Waals surface area contributed by atoms with Crippen LogP contribution in [0.1, 0.15) is 48.0 Å². The molecule has 0 rings (SSSR count). The number of hydrogen-bond acceptors (Lipinski definition) is 5. The summed E-state index contributed by atoms with van der Waals surface area (Å²) in [6.07, 6.45) is 0.0556. The third-order valence-corrected chi connectivity index (χ3v) is 1.88. The van der Waals surface area contributed by atoms with Crippen molar-refractivity contribution in [3.63, 3.8) is 0 Å². The molecule has 0 saturated heterocycles. The number of aliphatic carboxylic acids is 1. The maximum Gasteiger partial charge on any atom is 0.408 e. The minimum Gasteiger partial charge on any atom is -0.480 e. The largest absolute Gasteiger partial charge is 0.480 e. The average Bonchev–Trinajstić information content (AvgIpc) is 2.18. The Morgan fingerprint density at radius 2 is 1.52 bits per heavy atom. The van der Waals surface area contributed by atoms with Gasteiger partial charge in [-0.2, -0.15) is 0 Å². The van der Waals surface area contributed by atoms with Crippen LogP contribution in [0.4, 0.5) is 4.79 Å². The summed E-state index contributed by atoms with van der Waals surface area (Å²) in [6.45, 7) is 10.1. The molecule has 7 heteroatoms. The lowest BCUT2D eigenvalue weighted by Crippen LogP contribution is -2.44. The highest BCUT2D eigenvalue weighted by Gasteiger charge is 2.26. The molecule has 0 aromatic carbocycles. The molecule has 0 heterocycles. The van der Waals surface area contributed by atoms with Gasteiger partial charge in [0.15, 0.2) is 0 Å². The molecule has 0 bridgehead atoms. The molecule has 0 aromatic heterocycles. The van der Waals surface area contributed by atoms with E-state index in [2.05, 4.69) is 5.32 Å². The molecule has 7 nitrogen and oxygen atoms in total. The van der Waals surface area contributed by atoms with Crippen LogP contribution in [0.25, 0.3) is 0 Å². The van der Waals surface area contributed by atoms with Crippen molar-refractivity contribution >= 4 is 18.0 Å². The van der Waals surface area contributed by atoms with Crippen molar-refractivity contribution in [2.24, 2.45) is 0 Å². The number of hydrogen-bond donors (Lipinski definition) is 2. The Bertz CT molecular complexity index is 391.